The Hall–Kier alpha value is -2.30. The van der Waals surface area contributed by atoms with Crippen molar-refractivity contribution in [2.75, 3.05) is 6.61 Å². The van der Waals surface area contributed by atoms with Gasteiger partial charge in [-0.3, -0.25) is 0 Å². The molecule has 1 aromatic carbocycles. The molecular formula is C16H18N2O3. The molecule has 1 aliphatic rings. The molecule has 0 radical (unpaired) electrons. The first-order valence-corrected chi connectivity index (χ1v) is 7.28. The zero-order valence-electron chi connectivity index (χ0n) is 12.0. The summed E-state index contributed by atoms with van der Waals surface area (Å²) in [6.45, 7) is 2.53. The summed E-state index contributed by atoms with van der Waals surface area (Å²) in [6, 6.07) is 7.62. The summed E-state index contributed by atoms with van der Waals surface area (Å²) < 4.78 is 7.27. The third-order valence-corrected chi connectivity index (χ3v) is 3.76. The quantitative estimate of drug-likeness (QED) is 0.938. The predicted octanol–water partition coefficient (Wildman–Crippen LogP) is 2.85. The minimum absolute atomic E-state index is 0.187. The van der Waals surface area contributed by atoms with Crippen molar-refractivity contribution in [1.29, 1.82) is 0 Å². The number of ether oxygens (including phenoxy) is 1. The van der Waals surface area contributed by atoms with E-state index in [-0.39, 0.29) is 5.69 Å². The first-order valence-electron chi connectivity index (χ1n) is 7.28. The molecule has 0 saturated heterocycles. The van der Waals surface area contributed by atoms with Crippen molar-refractivity contribution in [1.82, 2.24) is 9.78 Å². The molecule has 0 amide bonds. The Morgan fingerprint density at radius 1 is 1.38 bits per heavy atom. The first-order chi connectivity index (χ1) is 10.2. The lowest BCUT2D eigenvalue weighted by molar-refractivity contribution is 0.0688. The van der Waals surface area contributed by atoms with Crippen molar-refractivity contribution in [2.24, 2.45) is 0 Å². The van der Waals surface area contributed by atoms with Crippen LogP contribution in [0.4, 0.5) is 0 Å². The highest BCUT2D eigenvalue weighted by Crippen LogP contribution is 2.28. The van der Waals surface area contributed by atoms with E-state index in [0.29, 0.717) is 6.61 Å². The summed E-state index contributed by atoms with van der Waals surface area (Å²) >= 11 is 0. The van der Waals surface area contributed by atoms with Crippen molar-refractivity contribution in [3.8, 4) is 11.4 Å². The Bertz CT molecular complexity index is 676. The summed E-state index contributed by atoms with van der Waals surface area (Å²) in [6.07, 6.45) is 3.76. The number of fused-ring (bicyclic) bond motifs is 1. The van der Waals surface area contributed by atoms with Gasteiger partial charge in [-0.05, 0) is 44.7 Å². The number of carbonyl (C=O) groups is 1. The lowest BCUT2D eigenvalue weighted by atomic mass is 9.95. The Kier molecular flexibility index (Phi) is 3.64. The van der Waals surface area contributed by atoms with Gasteiger partial charge in [-0.15, -0.1) is 0 Å². The molecule has 0 fully saturated rings. The molecule has 0 saturated carbocycles. The zero-order valence-corrected chi connectivity index (χ0v) is 12.0. The highest BCUT2D eigenvalue weighted by molar-refractivity contribution is 5.87. The van der Waals surface area contributed by atoms with Crippen molar-refractivity contribution in [3.05, 3.63) is 41.2 Å². The van der Waals surface area contributed by atoms with E-state index < -0.39 is 5.97 Å². The van der Waals surface area contributed by atoms with Gasteiger partial charge in [0.05, 0.1) is 12.3 Å². The van der Waals surface area contributed by atoms with Gasteiger partial charge in [-0.1, -0.05) is 6.07 Å². The largest absolute Gasteiger partial charge is 0.494 e. The summed E-state index contributed by atoms with van der Waals surface area (Å²) in [5.74, 6) is -0.181. The average molecular weight is 286 g/mol. The standard InChI is InChI=1S/C16H18N2O3/c1-2-21-12-7-5-6-11(10-12)18-14-9-4-3-8-13(14)15(17-18)16(19)20/h5-7,10H,2-4,8-9H2,1H3,(H,19,20). The lowest BCUT2D eigenvalue weighted by Gasteiger charge is -2.14. The number of benzene rings is 1. The molecule has 2 aromatic rings. The fourth-order valence-corrected chi connectivity index (χ4v) is 2.86. The molecule has 0 atom stereocenters. The molecule has 110 valence electrons. The SMILES string of the molecule is CCOc1cccc(-n2nc(C(=O)O)c3c2CCCC3)c1. The molecule has 0 aliphatic heterocycles. The van der Waals surface area contributed by atoms with Gasteiger partial charge in [0.15, 0.2) is 5.69 Å². The van der Waals surface area contributed by atoms with Crippen LogP contribution in [0.2, 0.25) is 0 Å². The van der Waals surface area contributed by atoms with Crippen LogP contribution in [0.25, 0.3) is 5.69 Å². The highest BCUT2D eigenvalue weighted by atomic mass is 16.5. The van der Waals surface area contributed by atoms with Crippen molar-refractivity contribution < 1.29 is 14.6 Å². The Morgan fingerprint density at radius 3 is 2.95 bits per heavy atom. The van der Waals surface area contributed by atoms with Crippen LogP contribution in [0.3, 0.4) is 0 Å². The summed E-state index contributed by atoms with van der Waals surface area (Å²) in [5, 5.41) is 13.7. The van der Waals surface area contributed by atoms with Gasteiger partial charge in [-0.2, -0.15) is 5.10 Å². The molecule has 5 nitrogen and oxygen atoms in total. The number of aromatic nitrogens is 2. The topological polar surface area (TPSA) is 64.4 Å². The first kappa shape index (κ1) is 13.7. The predicted molar refractivity (Wildman–Crippen MR) is 78.3 cm³/mol. The monoisotopic (exact) mass is 286 g/mol. The molecule has 0 unspecified atom stereocenters. The number of carboxylic acids is 1. The number of carboxylic acid groups (broad SMARTS) is 1. The summed E-state index contributed by atoms with van der Waals surface area (Å²) in [5.41, 5.74) is 2.95. The maximum absolute atomic E-state index is 11.4. The lowest BCUT2D eigenvalue weighted by Crippen LogP contribution is -2.08. The molecule has 1 N–H and O–H groups in total. The average Bonchev–Trinajstić information content (AvgIpc) is 2.88. The van der Waals surface area contributed by atoms with Gasteiger partial charge in [0.1, 0.15) is 5.75 Å². The van der Waals surface area contributed by atoms with Crippen LogP contribution in [0.5, 0.6) is 5.75 Å². The second-order valence-corrected chi connectivity index (χ2v) is 5.13. The molecule has 1 aromatic heterocycles. The van der Waals surface area contributed by atoms with E-state index in [2.05, 4.69) is 5.10 Å². The molecule has 3 rings (SSSR count). The molecule has 1 aliphatic carbocycles. The molecule has 1 heterocycles. The van der Waals surface area contributed by atoms with Crippen LogP contribution in [0.15, 0.2) is 24.3 Å². The maximum atomic E-state index is 11.4. The third-order valence-electron chi connectivity index (χ3n) is 3.76. The van der Waals surface area contributed by atoms with Crippen LogP contribution >= 0.6 is 0 Å². The maximum Gasteiger partial charge on any atom is 0.356 e. The van der Waals surface area contributed by atoms with Crippen LogP contribution in [0.1, 0.15) is 41.5 Å². The van der Waals surface area contributed by atoms with Crippen molar-refractivity contribution >= 4 is 5.97 Å². The van der Waals surface area contributed by atoms with Crippen molar-refractivity contribution in [2.45, 2.75) is 32.6 Å². The minimum Gasteiger partial charge on any atom is -0.494 e. The Balaban J connectivity index is 2.10. The molecule has 21 heavy (non-hydrogen) atoms. The second kappa shape index (κ2) is 5.60. The number of hydrogen-bond acceptors (Lipinski definition) is 3. The van der Waals surface area contributed by atoms with E-state index in [4.69, 9.17) is 4.74 Å². The summed E-state index contributed by atoms with van der Waals surface area (Å²) in [7, 11) is 0. The molecular weight excluding hydrogens is 268 g/mol. The van der Waals surface area contributed by atoms with Crippen LogP contribution in [-0.2, 0) is 12.8 Å². The van der Waals surface area contributed by atoms with Crippen molar-refractivity contribution in [3.63, 3.8) is 0 Å². The molecule has 0 spiro atoms. The normalized spacial score (nSPS) is 13.8. The molecule has 0 bridgehead atoms. The minimum atomic E-state index is -0.951. The smallest absolute Gasteiger partial charge is 0.356 e. The summed E-state index contributed by atoms with van der Waals surface area (Å²) in [4.78, 5) is 11.4. The fraction of sp³-hybridized carbons (Fsp3) is 0.375. The van der Waals surface area contributed by atoms with E-state index in [1.54, 1.807) is 4.68 Å². The van der Waals surface area contributed by atoms with Gasteiger partial charge < -0.3 is 9.84 Å². The highest BCUT2D eigenvalue weighted by Gasteiger charge is 2.25. The van der Waals surface area contributed by atoms with E-state index in [9.17, 15) is 9.90 Å². The van der Waals surface area contributed by atoms with E-state index in [0.717, 1.165) is 48.4 Å². The fourth-order valence-electron chi connectivity index (χ4n) is 2.86. The van der Waals surface area contributed by atoms with Gasteiger partial charge in [-0.25, -0.2) is 9.48 Å². The number of nitrogens with zero attached hydrogens (tertiary/aromatic N) is 2. The van der Waals surface area contributed by atoms with Crippen LogP contribution in [0, 0.1) is 0 Å². The second-order valence-electron chi connectivity index (χ2n) is 5.13. The van der Waals surface area contributed by atoms with Gasteiger partial charge in [0, 0.05) is 17.3 Å². The zero-order chi connectivity index (χ0) is 14.8. The number of rotatable bonds is 4. The number of aromatic carboxylic acids is 1. The van der Waals surface area contributed by atoms with E-state index >= 15 is 0 Å². The third kappa shape index (κ3) is 2.51. The van der Waals surface area contributed by atoms with Gasteiger partial charge in [0.25, 0.3) is 0 Å². The van der Waals surface area contributed by atoms with E-state index in [1.165, 1.54) is 0 Å². The van der Waals surface area contributed by atoms with Gasteiger partial charge in [0.2, 0.25) is 0 Å². The Labute approximate surface area is 123 Å². The Morgan fingerprint density at radius 2 is 2.19 bits per heavy atom. The number of hydrogen-bond donors (Lipinski definition) is 1. The van der Waals surface area contributed by atoms with Crippen LogP contribution < -0.4 is 4.74 Å². The van der Waals surface area contributed by atoms with Crippen LogP contribution in [-0.4, -0.2) is 27.5 Å². The van der Waals surface area contributed by atoms with Gasteiger partial charge >= 0.3 is 5.97 Å². The van der Waals surface area contributed by atoms with E-state index in [1.807, 2.05) is 31.2 Å². The molecule has 5 heteroatoms.